The Hall–Kier alpha value is -0.890. The monoisotopic (exact) mass is 174 g/mol. The van der Waals surface area contributed by atoms with Crippen LogP contribution in [0.5, 0.6) is 0 Å². The number of pyridine rings is 1. The van der Waals surface area contributed by atoms with Gasteiger partial charge in [-0.05, 0) is 43.4 Å². The number of hydrogen-bond acceptors (Lipinski definition) is 2. The molecule has 0 bridgehead atoms. The summed E-state index contributed by atoms with van der Waals surface area (Å²) in [5, 5.41) is 3.57. The van der Waals surface area contributed by atoms with Gasteiger partial charge in [0.15, 0.2) is 0 Å². The molecule has 13 heavy (non-hydrogen) atoms. The molecule has 0 spiro atoms. The van der Waals surface area contributed by atoms with Crippen molar-refractivity contribution in [2.24, 2.45) is 5.92 Å². The molecule has 1 aromatic rings. The van der Waals surface area contributed by atoms with Crippen LogP contribution in [0.2, 0.25) is 0 Å². The first kappa shape index (κ1) is 7.51. The fourth-order valence-electron chi connectivity index (χ4n) is 2.70. The van der Waals surface area contributed by atoms with Crippen LogP contribution < -0.4 is 5.32 Å². The third-order valence-corrected chi connectivity index (χ3v) is 3.36. The van der Waals surface area contributed by atoms with E-state index in [4.69, 9.17) is 0 Å². The van der Waals surface area contributed by atoms with Crippen molar-refractivity contribution in [3.63, 3.8) is 0 Å². The summed E-state index contributed by atoms with van der Waals surface area (Å²) < 4.78 is 0. The van der Waals surface area contributed by atoms with Crippen LogP contribution in [0.15, 0.2) is 18.3 Å². The summed E-state index contributed by atoms with van der Waals surface area (Å²) in [7, 11) is 0. The van der Waals surface area contributed by atoms with Gasteiger partial charge in [-0.3, -0.25) is 4.98 Å². The smallest absolute Gasteiger partial charge is 0.0451 e. The standard InChI is InChI=1S/C11H14N2/c1-2-9-10(12-6-1)4-3-8-5-7-13-11(8)9/h1-2,6,8,11,13H,3-5,7H2/t8-,11+/m1/s1. The van der Waals surface area contributed by atoms with Crippen LogP contribution in [0.1, 0.15) is 30.1 Å². The van der Waals surface area contributed by atoms with Crippen LogP contribution in [0.3, 0.4) is 0 Å². The number of fused-ring (bicyclic) bond motifs is 3. The highest BCUT2D eigenvalue weighted by Gasteiger charge is 2.33. The Morgan fingerprint density at radius 1 is 1.38 bits per heavy atom. The summed E-state index contributed by atoms with van der Waals surface area (Å²) in [6.07, 6.45) is 5.76. The van der Waals surface area contributed by atoms with Crippen molar-refractivity contribution in [2.45, 2.75) is 25.3 Å². The third-order valence-electron chi connectivity index (χ3n) is 3.36. The second-order valence-corrected chi connectivity index (χ2v) is 4.06. The first-order chi connectivity index (χ1) is 6.45. The number of nitrogens with one attached hydrogen (secondary N) is 1. The van der Waals surface area contributed by atoms with Gasteiger partial charge in [0.1, 0.15) is 0 Å². The molecule has 1 fully saturated rings. The molecular formula is C11H14N2. The fourth-order valence-corrected chi connectivity index (χ4v) is 2.70. The highest BCUT2D eigenvalue weighted by atomic mass is 15.0. The van der Waals surface area contributed by atoms with Crippen molar-refractivity contribution in [2.75, 3.05) is 6.54 Å². The average molecular weight is 174 g/mol. The van der Waals surface area contributed by atoms with E-state index in [0.29, 0.717) is 6.04 Å². The Morgan fingerprint density at radius 3 is 3.38 bits per heavy atom. The lowest BCUT2D eigenvalue weighted by atomic mass is 9.83. The van der Waals surface area contributed by atoms with Crippen LogP contribution >= 0.6 is 0 Å². The highest BCUT2D eigenvalue weighted by molar-refractivity contribution is 5.28. The van der Waals surface area contributed by atoms with Gasteiger partial charge in [0, 0.05) is 17.9 Å². The SMILES string of the molecule is c1cnc2c(c1)[C@H]1NCC[C@H]1CC2. The zero-order valence-corrected chi connectivity index (χ0v) is 7.66. The summed E-state index contributed by atoms with van der Waals surface area (Å²) in [4.78, 5) is 4.44. The minimum atomic E-state index is 0.609. The van der Waals surface area contributed by atoms with E-state index >= 15 is 0 Å². The molecule has 2 heterocycles. The van der Waals surface area contributed by atoms with Crippen molar-refractivity contribution in [3.8, 4) is 0 Å². The molecule has 3 rings (SSSR count). The van der Waals surface area contributed by atoms with E-state index in [1.54, 1.807) is 0 Å². The van der Waals surface area contributed by atoms with Crippen LogP contribution in [0.25, 0.3) is 0 Å². The predicted octanol–water partition coefficient (Wildman–Crippen LogP) is 1.68. The Morgan fingerprint density at radius 2 is 2.38 bits per heavy atom. The highest BCUT2D eigenvalue weighted by Crippen LogP contribution is 2.38. The summed E-state index contributed by atoms with van der Waals surface area (Å²) in [5.41, 5.74) is 2.77. The maximum absolute atomic E-state index is 4.44. The van der Waals surface area contributed by atoms with E-state index in [1.807, 2.05) is 6.20 Å². The Balaban J connectivity index is 2.06. The minimum absolute atomic E-state index is 0.609. The van der Waals surface area contributed by atoms with Gasteiger partial charge in [-0.25, -0.2) is 0 Å². The molecule has 2 heteroatoms. The van der Waals surface area contributed by atoms with E-state index in [9.17, 15) is 0 Å². The van der Waals surface area contributed by atoms with Gasteiger partial charge in [-0.1, -0.05) is 6.07 Å². The van der Waals surface area contributed by atoms with Crippen LogP contribution in [0, 0.1) is 5.92 Å². The molecule has 0 amide bonds. The molecule has 0 saturated carbocycles. The first-order valence-corrected chi connectivity index (χ1v) is 5.12. The number of aryl methyl sites for hydroxylation is 1. The van der Waals surface area contributed by atoms with Crippen LogP contribution in [0.4, 0.5) is 0 Å². The predicted molar refractivity (Wildman–Crippen MR) is 51.4 cm³/mol. The van der Waals surface area contributed by atoms with E-state index in [-0.39, 0.29) is 0 Å². The summed E-state index contributed by atoms with van der Waals surface area (Å²) in [5.74, 6) is 0.872. The first-order valence-electron chi connectivity index (χ1n) is 5.12. The Labute approximate surface area is 78.4 Å². The number of aromatic nitrogens is 1. The summed E-state index contributed by atoms with van der Waals surface area (Å²) in [6, 6.07) is 4.90. The van der Waals surface area contributed by atoms with Crippen LogP contribution in [-0.4, -0.2) is 11.5 Å². The zero-order chi connectivity index (χ0) is 8.67. The second-order valence-electron chi connectivity index (χ2n) is 4.06. The number of rotatable bonds is 0. The maximum atomic E-state index is 4.44. The van der Waals surface area contributed by atoms with Crippen molar-refractivity contribution in [1.29, 1.82) is 0 Å². The van der Waals surface area contributed by atoms with E-state index in [1.165, 1.54) is 37.1 Å². The second kappa shape index (κ2) is 2.81. The molecule has 68 valence electrons. The van der Waals surface area contributed by atoms with Gasteiger partial charge in [0.2, 0.25) is 0 Å². The van der Waals surface area contributed by atoms with E-state index < -0.39 is 0 Å². The summed E-state index contributed by atoms with van der Waals surface area (Å²) in [6.45, 7) is 1.18. The average Bonchev–Trinajstić information content (AvgIpc) is 2.65. The van der Waals surface area contributed by atoms with Gasteiger partial charge >= 0.3 is 0 Å². The third kappa shape index (κ3) is 1.09. The lowest BCUT2D eigenvalue weighted by molar-refractivity contribution is 0.400. The maximum Gasteiger partial charge on any atom is 0.0451 e. The van der Waals surface area contributed by atoms with E-state index in [0.717, 1.165) is 5.92 Å². The zero-order valence-electron chi connectivity index (χ0n) is 7.66. The topological polar surface area (TPSA) is 24.9 Å². The Kier molecular flexibility index (Phi) is 1.62. The van der Waals surface area contributed by atoms with Gasteiger partial charge in [0.05, 0.1) is 0 Å². The van der Waals surface area contributed by atoms with Gasteiger partial charge < -0.3 is 5.32 Å². The molecule has 1 saturated heterocycles. The van der Waals surface area contributed by atoms with Crippen molar-refractivity contribution >= 4 is 0 Å². The molecule has 1 aromatic heterocycles. The van der Waals surface area contributed by atoms with Gasteiger partial charge in [-0.2, -0.15) is 0 Å². The molecule has 0 unspecified atom stereocenters. The fraction of sp³-hybridized carbons (Fsp3) is 0.545. The Bertz CT molecular complexity index is 322. The molecule has 2 nitrogen and oxygen atoms in total. The molecule has 2 aliphatic rings. The lowest BCUT2D eigenvalue weighted by Gasteiger charge is -2.26. The van der Waals surface area contributed by atoms with Crippen molar-refractivity contribution in [3.05, 3.63) is 29.6 Å². The lowest BCUT2D eigenvalue weighted by Crippen LogP contribution is -2.24. The molecule has 1 aliphatic carbocycles. The normalized spacial score (nSPS) is 31.1. The van der Waals surface area contributed by atoms with Crippen molar-refractivity contribution in [1.82, 2.24) is 10.3 Å². The van der Waals surface area contributed by atoms with Crippen molar-refractivity contribution < 1.29 is 0 Å². The van der Waals surface area contributed by atoms with Crippen LogP contribution in [-0.2, 0) is 6.42 Å². The largest absolute Gasteiger partial charge is 0.310 e. The molecular weight excluding hydrogens is 160 g/mol. The molecule has 0 aromatic carbocycles. The van der Waals surface area contributed by atoms with Gasteiger partial charge in [0.25, 0.3) is 0 Å². The minimum Gasteiger partial charge on any atom is -0.310 e. The van der Waals surface area contributed by atoms with Gasteiger partial charge in [-0.15, -0.1) is 0 Å². The quantitative estimate of drug-likeness (QED) is 0.647. The summed E-state index contributed by atoms with van der Waals surface area (Å²) >= 11 is 0. The van der Waals surface area contributed by atoms with E-state index in [2.05, 4.69) is 22.4 Å². The number of nitrogens with zero attached hydrogens (tertiary/aromatic N) is 1. The molecule has 0 radical (unpaired) electrons. The number of hydrogen-bond donors (Lipinski definition) is 1. The molecule has 2 atom stereocenters. The molecule has 1 aliphatic heterocycles. The molecule has 1 N–H and O–H groups in total.